The van der Waals surface area contributed by atoms with Crippen molar-refractivity contribution in [3.05, 3.63) is 71.6 Å². The molecule has 0 aliphatic heterocycles. The fourth-order valence-corrected chi connectivity index (χ4v) is 2.75. The maximum atomic E-state index is 12.5. The number of alkyl halides is 3. The van der Waals surface area contributed by atoms with Crippen molar-refractivity contribution in [3.8, 4) is 11.4 Å². The molecule has 1 heterocycles. The second kappa shape index (κ2) is 9.41. The number of carbonyl (C=O) groups is 2. The molecule has 162 valence electrons. The lowest BCUT2D eigenvalue weighted by atomic mass is 10.1. The van der Waals surface area contributed by atoms with E-state index in [1.807, 2.05) is 30.3 Å². The molecule has 1 N–H and O–H groups in total. The van der Waals surface area contributed by atoms with E-state index in [1.165, 1.54) is 24.3 Å². The maximum absolute atomic E-state index is 12.5. The molecule has 0 spiro atoms. The van der Waals surface area contributed by atoms with Gasteiger partial charge in [0.05, 0.1) is 0 Å². The highest BCUT2D eigenvalue weighted by Crippen LogP contribution is 2.29. The highest BCUT2D eigenvalue weighted by atomic mass is 19.4. The lowest BCUT2D eigenvalue weighted by Crippen LogP contribution is -2.31. The van der Waals surface area contributed by atoms with Crippen molar-refractivity contribution in [2.45, 2.75) is 19.1 Å². The van der Waals surface area contributed by atoms with Crippen LogP contribution in [0.5, 0.6) is 0 Å². The average molecular weight is 432 g/mol. The number of nitrogens with one attached hydrogen (secondary N) is 1. The second-order valence-electron chi connectivity index (χ2n) is 6.74. The number of hydrogen-bond acceptors (Lipinski definition) is 5. The van der Waals surface area contributed by atoms with Gasteiger partial charge in [0.2, 0.25) is 11.7 Å². The number of hydrogen-bond donors (Lipinski definition) is 1. The summed E-state index contributed by atoms with van der Waals surface area (Å²) in [6, 6.07) is 15.2. The zero-order valence-corrected chi connectivity index (χ0v) is 16.5. The quantitative estimate of drug-likeness (QED) is 0.617. The minimum absolute atomic E-state index is 0.114. The van der Waals surface area contributed by atoms with Gasteiger partial charge >= 0.3 is 12.1 Å². The molecule has 0 aliphatic carbocycles. The van der Waals surface area contributed by atoms with Gasteiger partial charge in [0.1, 0.15) is 0 Å². The number of halogens is 3. The van der Waals surface area contributed by atoms with E-state index >= 15 is 0 Å². The zero-order chi connectivity index (χ0) is 22.4. The molecule has 0 unspecified atom stereocenters. The summed E-state index contributed by atoms with van der Waals surface area (Å²) < 4.78 is 41.8. The molecular formula is C21H19F3N4O3. The molecule has 0 aliphatic rings. The first-order valence-electron chi connectivity index (χ1n) is 9.31. The average Bonchev–Trinajstić information content (AvgIpc) is 3.25. The van der Waals surface area contributed by atoms with E-state index in [-0.39, 0.29) is 35.8 Å². The summed E-state index contributed by atoms with van der Waals surface area (Å²) >= 11 is 0. The minimum atomic E-state index is -4.72. The van der Waals surface area contributed by atoms with E-state index in [9.17, 15) is 22.8 Å². The molecule has 0 saturated heterocycles. The zero-order valence-electron chi connectivity index (χ0n) is 16.5. The predicted molar refractivity (Wildman–Crippen MR) is 105 cm³/mol. The van der Waals surface area contributed by atoms with Crippen LogP contribution in [0.1, 0.15) is 28.2 Å². The van der Waals surface area contributed by atoms with Crippen molar-refractivity contribution in [3.63, 3.8) is 0 Å². The Labute approximate surface area is 175 Å². The second-order valence-corrected chi connectivity index (χ2v) is 6.74. The molecule has 2 aromatic carbocycles. The lowest BCUT2D eigenvalue weighted by Gasteiger charge is -2.17. The predicted octanol–water partition coefficient (Wildman–Crippen LogP) is 3.53. The fraction of sp³-hybridized carbons (Fsp3) is 0.238. The lowest BCUT2D eigenvalue weighted by molar-refractivity contribution is -0.159. The molecule has 31 heavy (non-hydrogen) atoms. The smallest absolute Gasteiger partial charge is 0.352 e. The minimum Gasteiger partial charge on any atom is -0.352 e. The van der Waals surface area contributed by atoms with Gasteiger partial charge in [-0.05, 0) is 17.7 Å². The summed E-state index contributed by atoms with van der Waals surface area (Å²) in [7, 11) is 1.69. The van der Waals surface area contributed by atoms with Crippen LogP contribution in [-0.4, -0.2) is 40.4 Å². The van der Waals surface area contributed by atoms with Crippen LogP contribution in [0.25, 0.3) is 11.4 Å². The molecular weight excluding hydrogens is 413 g/mol. The van der Waals surface area contributed by atoms with E-state index in [4.69, 9.17) is 0 Å². The molecule has 1 aromatic heterocycles. The first-order chi connectivity index (χ1) is 14.7. The molecule has 3 aromatic rings. The van der Waals surface area contributed by atoms with Gasteiger partial charge in [-0.25, -0.2) is 0 Å². The first kappa shape index (κ1) is 22.0. The van der Waals surface area contributed by atoms with E-state index in [1.54, 1.807) is 11.9 Å². The largest absolute Gasteiger partial charge is 0.471 e. The van der Waals surface area contributed by atoms with Crippen LogP contribution in [-0.2, 0) is 17.5 Å². The van der Waals surface area contributed by atoms with Crippen molar-refractivity contribution >= 4 is 11.8 Å². The van der Waals surface area contributed by atoms with E-state index in [2.05, 4.69) is 20.0 Å². The van der Waals surface area contributed by atoms with Crippen molar-refractivity contribution in [2.24, 2.45) is 0 Å². The number of carbonyl (C=O) groups excluding carboxylic acids is 2. The Kier molecular flexibility index (Phi) is 6.68. The highest BCUT2D eigenvalue weighted by Gasteiger charge is 2.38. The Morgan fingerprint density at radius 3 is 2.35 bits per heavy atom. The van der Waals surface area contributed by atoms with Gasteiger partial charge in [-0.15, -0.1) is 0 Å². The number of rotatable bonds is 7. The summed E-state index contributed by atoms with van der Waals surface area (Å²) in [6.07, 6.45) is -4.59. The summed E-state index contributed by atoms with van der Waals surface area (Å²) in [6.45, 7) is 0.625. The molecule has 0 radical (unpaired) electrons. The van der Waals surface area contributed by atoms with Crippen molar-refractivity contribution in [1.29, 1.82) is 0 Å². The molecule has 7 nitrogen and oxygen atoms in total. The molecule has 0 atom stereocenters. The third-order valence-electron chi connectivity index (χ3n) is 4.39. The van der Waals surface area contributed by atoms with Gasteiger partial charge < -0.3 is 14.7 Å². The van der Waals surface area contributed by atoms with Crippen LogP contribution in [0, 0.1) is 0 Å². The molecule has 0 saturated carbocycles. The van der Waals surface area contributed by atoms with Crippen LogP contribution < -0.4 is 5.32 Å². The fourth-order valence-electron chi connectivity index (χ4n) is 2.75. The van der Waals surface area contributed by atoms with Crippen molar-refractivity contribution < 1.29 is 27.3 Å². The molecule has 0 fully saturated rings. The maximum Gasteiger partial charge on any atom is 0.471 e. The van der Waals surface area contributed by atoms with Crippen molar-refractivity contribution in [1.82, 2.24) is 20.4 Å². The number of amides is 2. The summed E-state index contributed by atoms with van der Waals surface area (Å²) in [4.78, 5) is 29.3. The van der Waals surface area contributed by atoms with Crippen LogP contribution >= 0.6 is 0 Å². The molecule has 10 heteroatoms. The SMILES string of the molecule is CN(Cc1ccccc1)C(=O)CCNC(=O)c1ccc(-c2noc(C(F)(F)F)n2)cc1. The molecule has 0 bridgehead atoms. The van der Waals surface area contributed by atoms with Gasteiger partial charge in [0.25, 0.3) is 5.91 Å². The van der Waals surface area contributed by atoms with Crippen LogP contribution in [0.15, 0.2) is 59.1 Å². The number of benzene rings is 2. The van der Waals surface area contributed by atoms with E-state index < -0.39 is 18.0 Å². The van der Waals surface area contributed by atoms with E-state index in [0.29, 0.717) is 6.54 Å². The van der Waals surface area contributed by atoms with Gasteiger partial charge in [-0.2, -0.15) is 18.2 Å². The molecule has 3 rings (SSSR count). The van der Waals surface area contributed by atoms with Gasteiger partial charge in [-0.1, -0.05) is 47.6 Å². The number of aromatic nitrogens is 2. The monoisotopic (exact) mass is 432 g/mol. The number of nitrogens with zero attached hydrogens (tertiary/aromatic N) is 3. The molecule has 2 amide bonds. The third kappa shape index (κ3) is 5.91. The summed E-state index contributed by atoms with van der Waals surface area (Å²) in [5.74, 6) is -2.19. The standard InChI is InChI=1S/C21H19F3N4O3/c1-28(13-14-5-3-2-4-6-14)17(29)11-12-25-19(30)16-9-7-15(8-10-16)18-26-20(31-27-18)21(22,23)24/h2-10H,11-13H2,1H3,(H,25,30). The Bertz CT molecular complexity index is 1030. The first-order valence-corrected chi connectivity index (χ1v) is 9.31. The van der Waals surface area contributed by atoms with Gasteiger partial charge in [-0.3, -0.25) is 9.59 Å². The highest BCUT2D eigenvalue weighted by molar-refractivity contribution is 5.94. The van der Waals surface area contributed by atoms with Crippen LogP contribution in [0.2, 0.25) is 0 Å². The Morgan fingerprint density at radius 2 is 1.74 bits per heavy atom. The summed E-state index contributed by atoms with van der Waals surface area (Å²) in [5, 5.41) is 5.94. The Balaban J connectivity index is 1.49. The van der Waals surface area contributed by atoms with Crippen LogP contribution in [0.4, 0.5) is 13.2 Å². The van der Waals surface area contributed by atoms with Crippen LogP contribution in [0.3, 0.4) is 0 Å². The van der Waals surface area contributed by atoms with Crippen molar-refractivity contribution in [2.75, 3.05) is 13.6 Å². The van der Waals surface area contributed by atoms with E-state index in [0.717, 1.165) is 5.56 Å². The summed E-state index contributed by atoms with van der Waals surface area (Å²) in [5.41, 5.74) is 1.56. The Hall–Kier alpha value is -3.69. The van der Waals surface area contributed by atoms with Gasteiger partial charge in [0.15, 0.2) is 0 Å². The normalized spacial score (nSPS) is 11.2. The third-order valence-corrected chi connectivity index (χ3v) is 4.39. The topological polar surface area (TPSA) is 88.3 Å². The van der Waals surface area contributed by atoms with Gasteiger partial charge in [0, 0.05) is 37.7 Å². The Morgan fingerprint density at radius 1 is 1.06 bits per heavy atom.